The number of hydrogen-bond donors (Lipinski definition) is 1. The van der Waals surface area contributed by atoms with Crippen molar-refractivity contribution in [1.82, 2.24) is 0 Å². The first kappa shape index (κ1) is 9.93. The Morgan fingerprint density at radius 2 is 2.07 bits per heavy atom. The van der Waals surface area contributed by atoms with E-state index in [0.29, 0.717) is 11.3 Å². The van der Waals surface area contributed by atoms with Gasteiger partial charge in [0.2, 0.25) is 0 Å². The van der Waals surface area contributed by atoms with Crippen molar-refractivity contribution in [2.75, 3.05) is 0 Å². The average Bonchev–Trinajstić information content (AvgIpc) is 2.65. The van der Waals surface area contributed by atoms with Gasteiger partial charge in [0.1, 0.15) is 17.7 Å². The zero-order chi connectivity index (χ0) is 10.8. The summed E-state index contributed by atoms with van der Waals surface area (Å²) in [7, 11) is 0. The van der Waals surface area contributed by atoms with Crippen LogP contribution in [0.15, 0.2) is 41.0 Å². The second-order valence-electron chi connectivity index (χ2n) is 3.41. The van der Waals surface area contributed by atoms with Gasteiger partial charge in [-0.2, -0.15) is 0 Å². The lowest BCUT2D eigenvalue weighted by Gasteiger charge is -2.08. The SMILES string of the molecule is Cc1cc(C(O)c2ccccc2F)co1. The molecular formula is C12H11FO2. The van der Waals surface area contributed by atoms with Crippen molar-refractivity contribution in [3.8, 4) is 0 Å². The molecule has 0 saturated heterocycles. The first-order valence-corrected chi connectivity index (χ1v) is 4.66. The zero-order valence-corrected chi connectivity index (χ0v) is 8.27. The van der Waals surface area contributed by atoms with Crippen molar-refractivity contribution in [3.05, 3.63) is 59.3 Å². The number of rotatable bonds is 2. The molecule has 2 rings (SSSR count). The first-order chi connectivity index (χ1) is 7.18. The van der Waals surface area contributed by atoms with Gasteiger partial charge in [-0.1, -0.05) is 18.2 Å². The van der Waals surface area contributed by atoms with Gasteiger partial charge in [-0.25, -0.2) is 4.39 Å². The predicted molar refractivity (Wildman–Crippen MR) is 53.9 cm³/mol. The van der Waals surface area contributed by atoms with Crippen molar-refractivity contribution in [3.63, 3.8) is 0 Å². The number of hydrogen-bond acceptors (Lipinski definition) is 2. The van der Waals surface area contributed by atoms with Crippen LogP contribution in [0.2, 0.25) is 0 Å². The Morgan fingerprint density at radius 3 is 2.67 bits per heavy atom. The van der Waals surface area contributed by atoms with E-state index in [9.17, 15) is 9.50 Å². The van der Waals surface area contributed by atoms with Gasteiger partial charge in [0.15, 0.2) is 0 Å². The van der Waals surface area contributed by atoms with E-state index in [1.165, 1.54) is 12.3 Å². The monoisotopic (exact) mass is 206 g/mol. The summed E-state index contributed by atoms with van der Waals surface area (Å²) in [5.41, 5.74) is 0.830. The lowest BCUT2D eigenvalue weighted by atomic mass is 10.0. The Labute approximate surface area is 87.0 Å². The van der Waals surface area contributed by atoms with Crippen molar-refractivity contribution in [1.29, 1.82) is 0 Å². The topological polar surface area (TPSA) is 33.4 Å². The van der Waals surface area contributed by atoms with E-state index in [-0.39, 0.29) is 5.56 Å². The normalized spacial score (nSPS) is 12.7. The quantitative estimate of drug-likeness (QED) is 0.819. The molecule has 15 heavy (non-hydrogen) atoms. The fraction of sp³-hybridized carbons (Fsp3) is 0.167. The van der Waals surface area contributed by atoms with Gasteiger partial charge in [-0.05, 0) is 19.1 Å². The molecule has 0 aliphatic carbocycles. The van der Waals surface area contributed by atoms with E-state index in [0.717, 1.165) is 0 Å². The average molecular weight is 206 g/mol. The van der Waals surface area contributed by atoms with Crippen LogP contribution in [0.25, 0.3) is 0 Å². The van der Waals surface area contributed by atoms with Crippen LogP contribution < -0.4 is 0 Å². The van der Waals surface area contributed by atoms with Gasteiger partial charge in [0.25, 0.3) is 0 Å². The molecule has 0 aliphatic heterocycles. The summed E-state index contributed by atoms with van der Waals surface area (Å²) in [6.07, 6.45) is 0.468. The summed E-state index contributed by atoms with van der Waals surface area (Å²) in [6, 6.07) is 7.85. The van der Waals surface area contributed by atoms with Crippen LogP contribution in [0.4, 0.5) is 4.39 Å². The molecule has 0 saturated carbocycles. The van der Waals surface area contributed by atoms with Crippen LogP contribution in [0.5, 0.6) is 0 Å². The molecule has 1 unspecified atom stereocenters. The molecular weight excluding hydrogens is 195 g/mol. The highest BCUT2D eigenvalue weighted by molar-refractivity contribution is 5.29. The van der Waals surface area contributed by atoms with Crippen LogP contribution in [0, 0.1) is 12.7 Å². The molecule has 2 nitrogen and oxygen atoms in total. The van der Waals surface area contributed by atoms with Crippen LogP contribution in [-0.4, -0.2) is 5.11 Å². The Hall–Kier alpha value is -1.61. The van der Waals surface area contributed by atoms with Crippen LogP contribution in [-0.2, 0) is 0 Å². The fourth-order valence-electron chi connectivity index (χ4n) is 1.48. The Balaban J connectivity index is 2.36. The van der Waals surface area contributed by atoms with Crippen molar-refractivity contribution >= 4 is 0 Å². The molecule has 78 valence electrons. The summed E-state index contributed by atoms with van der Waals surface area (Å²) in [5, 5.41) is 9.89. The van der Waals surface area contributed by atoms with E-state index in [1.807, 2.05) is 0 Å². The minimum absolute atomic E-state index is 0.262. The van der Waals surface area contributed by atoms with E-state index in [1.54, 1.807) is 31.2 Å². The minimum atomic E-state index is -0.969. The van der Waals surface area contributed by atoms with Crippen LogP contribution >= 0.6 is 0 Å². The van der Waals surface area contributed by atoms with E-state index < -0.39 is 11.9 Å². The Kier molecular flexibility index (Phi) is 2.56. The molecule has 3 heteroatoms. The molecule has 1 aromatic heterocycles. The molecule has 1 atom stereocenters. The first-order valence-electron chi connectivity index (χ1n) is 4.66. The third kappa shape index (κ3) is 1.92. The van der Waals surface area contributed by atoms with Crippen LogP contribution in [0.3, 0.4) is 0 Å². The highest BCUT2D eigenvalue weighted by Gasteiger charge is 2.15. The number of benzene rings is 1. The molecule has 0 aliphatic rings. The third-order valence-corrected chi connectivity index (χ3v) is 2.27. The van der Waals surface area contributed by atoms with E-state index >= 15 is 0 Å². The lowest BCUT2D eigenvalue weighted by molar-refractivity contribution is 0.214. The van der Waals surface area contributed by atoms with Crippen molar-refractivity contribution < 1.29 is 13.9 Å². The summed E-state index contributed by atoms with van der Waals surface area (Å²) < 4.78 is 18.4. The van der Waals surface area contributed by atoms with Crippen molar-refractivity contribution in [2.24, 2.45) is 0 Å². The summed E-state index contributed by atoms with van der Waals surface area (Å²) in [5.74, 6) is 0.282. The van der Waals surface area contributed by atoms with Gasteiger partial charge in [0, 0.05) is 11.1 Å². The second kappa shape index (κ2) is 3.87. The van der Waals surface area contributed by atoms with E-state index in [4.69, 9.17) is 4.42 Å². The molecule has 1 aromatic carbocycles. The number of aliphatic hydroxyl groups is 1. The van der Waals surface area contributed by atoms with Gasteiger partial charge < -0.3 is 9.52 Å². The second-order valence-corrected chi connectivity index (χ2v) is 3.41. The zero-order valence-electron chi connectivity index (χ0n) is 8.27. The molecule has 1 N–H and O–H groups in total. The van der Waals surface area contributed by atoms with E-state index in [2.05, 4.69) is 0 Å². The molecule has 0 amide bonds. The Bertz CT molecular complexity index is 462. The molecule has 0 fully saturated rings. The van der Waals surface area contributed by atoms with Crippen LogP contribution in [0.1, 0.15) is 23.0 Å². The number of aliphatic hydroxyl groups excluding tert-OH is 1. The summed E-state index contributed by atoms with van der Waals surface area (Å²) >= 11 is 0. The fourth-order valence-corrected chi connectivity index (χ4v) is 1.48. The summed E-state index contributed by atoms with van der Waals surface area (Å²) in [6.45, 7) is 1.78. The maximum Gasteiger partial charge on any atom is 0.129 e. The molecule has 1 heterocycles. The molecule has 0 spiro atoms. The highest BCUT2D eigenvalue weighted by Crippen LogP contribution is 2.25. The number of furan rings is 1. The third-order valence-electron chi connectivity index (χ3n) is 2.27. The minimum Gasteiger partial charge on any atom is -0.469 e. The smallest absolute Gasteiger partial charge is 0.129 e. The molecule has 0 radical (unpaired) electrons. The maximum absolute atomic E-state index is 13.3. The van der Waals surface area contributed by atoms with Gasteiger partial charge in [-0.15, -0.1) is 0 Å². The number of aryl methyl sites for hydroxylation is 1. The highest BCUT2D eigenvalue weighted by atomic mass is 19.1. The Morgan fingerprint density at radius 1 is 1.33 bits per heavy atom. The molecule has 0 bridgehead atoms. The number of halogens is 1. The molecule has 2 aromatic rings. The maximum atomic E-state index is 13.3. The van der Waals surface area contributed by atoms with Gasteiger partial charge in [0.05, 0.1) is 6.26 Å². The van der Waals surface area contributed by atoms with Gasteiger partial charge in [-0.3, -0.25) is 0 Å². The predicted octanol–water partition coefficient (Wildman–Crippen LogP) is 2.81. The standard InChI is InChI=1S/C12H11FO2/c1-8-6-9(7-15-8)12(14)10-4-2-3-5-11(10)13/h2-7,12,14H,1H3. The summed E-state index contributed by atoms with van der Waals surface area (Å²) in [4.78, 5) is 0. The van der Waals surface area contributed by atoms with Crippen molar-refractivity contribution in [2.45, 2.75) is 13.0 Å². The lowest BCUT2D eigenvalue weighted by Crippen LogP contribution is -2.00. The largest absolute Gasteiger partial charge is 0.469 e. The van der Waals surface area contributed by atoms with Gasteiger partial charge >= 0.3 is 0 Å².